The molecule has 1 aliphatic carbocycles. The van der Waals surface area contributed by atoms with Crippen molar-refractivity contribution < 1.29 is 18.4 Å². The summed E-state index contributed by atoms with van der Waals surface area (Å²) in [5.74, 6) is 0. The van der Waals surface area contributed by atoms with Gasteiger partial charge in [-0.2, -0.15) is 0 Å². The average Bonchev–Trinajstić information content (AvgIpc) is 2.49. The van der Waals surface area contributed by atoms with Crippen LogP contribution in [0.15, 0.2) is 12.2 Å². The lowest BCUT2D eigenvalue weighted by Gasteiger charge is -2.50. The van der Waals surface area contributed by atoms with Crippen molar-refractivity contribution in [1.82, 2.24) is 0 Å². The van der Waals surface area contributed by atoms with Gasteiger partial charge >= 0.3 is 0 Å². The summed E-state index contributed by atoms with van der Waals surface area (Å²) in [4.78, 5) is 0. The maximum absolute atomic E-state index is 11.0. The van der Waals surface area contributed by atoms with Crippen LogP contribution in [0.25, 0.3) is 0 Å². The standard InChI is InChI=1S/C24H52O4Si3/c1-22(2,3)29(10,11)26-19-17-16-18(25)20(27-30(12,13)23(4,5)6)21(19)28-31(14,15)24(7,8)9/h16-21,25H,1-15H3/t18-,19-,20+,21+/m1/s1. The molecule has 0 radical (unpaired) electrons. The Labute approximate surface area is 196 Å². The van der Waals surface area contributed by atoms with Gasteiger partial charge < -0.3 is 18.4 Å². The van der Waals surface area contributed by atoms with Crippen molar-refractivity contribution in [3.8, 4) is 0 Å². The van der Waals surface area contributed by atoms with Crippen LogP contribution >= 0.6 is 0 Å². The molecule has 0 aromatic rings. The average molecular weight is 489 g/mol. The van der Waals surface area contributed by atoms with Gasteiger partial charge in [-0.3, -0.25) is 0 Å². The Morgan fingerprint density at radius 3 is 1.23 bits per heavy atom. The molecule has 0 fully saturated rings. The molecule has 184 valence electrons. The molecule has 31 heavy (non-hydrogen) atoms. The lowest BCUT2D eigenvalue weighted by atomic mass is 9.96. The molecule has 0 bridgehead atoms. The van der Waals surface area contributed by atoms with Crippen LogP contribution in [-0.2, 0) is 13.3 Å². The van der Waals surface area contributed by atoms with E-state index >= 15 is 0 Å². The zero-order valence-corrected chi connectivity index (χ0v) is 26.1. The number of aliphatic hydroxyl groups excluding tert-OH is 1. The molecule has 7 heteroatoms. The van der Waals surface area contributed by atoms with Gasteiger partial charge in [-0.15, -0.1) is 0 Å². The first-order valence-electron chi connectivity index (χ1n) is 11.8. The molecule has 0 aromatic carbocycles. The van der Waals surface area contributed by atoms with Gasteiger partial charge in [0.05, 0.1) is 12.2 Å². The van der Waals surface area contributed by atoms with Crippen molar-refractivity contribution in [3.05, 3.63) is 12.2 Å². The first-order valence-corrected chi connectivity index (χ1v) is 20.6. The minimum absolute atomic E-state index is 0.0468. The highest BCUT2D eigenvalue weighted by atomic mass is 28.4. The van der Waals surface area contributed by atoms with E-state index in [1.54, 1.807) is 0 Å². The molecule has 0 aliphatic heterocycles. The van der Waals surface area contributed by atoms with Crippen LogP contribution in [0.4, 0.5) is 0 Å². The van der Waals surface area contributed by atoms with Crippen LogP contribution in [-0.4, -0.2) is 54.5 Å². The first kappa shape index (κ1) is 29.3. The van der Waals surface area contributed by atoms with Crippen molar-refractivity contribution in [2.24, 2.45) is 0 Å². The molecule has 0 heterocycles. The predicted octanol–water partition coefficient (Wildman–Crippen LogP) is 7.09. The summed E-state index contributed by atoms with van der Waals surface area (Å²) in [6.07, 6.45) is 2.24. The van der Waals surface area contributed by atoms with Gasteiger partial charge in [0.15, 0.2) is 25.0 Å². The Morgan fingerprint density at radius 2 is 0.871 bits per heavy atom. The van der Waals surface area contributed by atoms with Crippen LogP contribution in [0, 0.1) is 0 Å². The summed E-state index contributed by atoms with van der Waals surface area (Å²) in [6, 6.07) is 0. The van der Waals surface area contributed by atoms with Crippen LogP contribution in [0.1, 0.15) is 62.3 Å². The summed E-state index contributed by atoms with van der Waals surface area (Å²) >= 11 is 0. The molecule has 0 unspecified atom stereocenters. The third-order valence-electron chi connectivity index (χ3n) is 8.19. The second kappa shape index (κ2) is 9.12. The molecule has 4 atom stereocenters. The van der Waals surface area contributed by atoms with Gasteiger partial charge in [-0.05, 0) is 54.4 Å². The lowest BCUT2D eigenvalue weighted by Crippen LogP contribution is -2.61. The van der Waals surface area contributed by atoms with E-state index in [2.05, 4.69) is 102 Å². The van der Waals surface area contributed by atoms with Gasteiger partial charge in [-0.25, -0.2) is 0 Å². The SMILES string of the molecule is CC(C)(C)[Si](C)(C)O[C@@H]1[C@@H](O[Si](C)(C)C(C)(C)C)[C@H](O[Si](C)(C)C(C)(C)C)C=C[C@H]1O. The topological polar surface area (TPSA) is 47.9 Å². The molecule has 1 N–H and O–H groups in total. The van der Waals surface area contributed by atoms with E-state index in [-0.39, 0.29) is 27.3 Å². The fourth-order valence-electron chi connectivity index (χ4n) is 2.75. The maximum atomic E-state index is 11.0. The molecule has 4 nitrogen and oxygen atoms in total. The van der Waals surface area contributed by atoms with E-state index < -0.39 is 37.2 Å². The Bertz CT molecular complexity index is 637. The Kier molecular flexibility index (Phi) is 8.61. The fraction of sp³-hybridized carbons (Fsp3) is 0.917. The normalized spacial score (nSPS) is 27.0. The minimum Gasteiger partial charge on any atom is -0.408 e. The Balaban J connectivity index is 3.44. The zero-order chi connectivity index (χ0) is 24.8. The van der Waals surface area contributed by atoms with Crippen molar-refractivity contribution in [2.45, 2.75) is 141 Å². The van der Waals surface area contributed by atoms with E-state index in [9.17, 15) is 5.11 Å². The molecule has 0 aromatic heterocycles. The molecule has 0 amide bonds. The van der Waals surface area contributed by atoms with Crippen LogP contribution in [0.3, 0.4) is 0 Å². The summed E-state index contributed by atoms with van der Waals surface area (Å²) in [5.41, 5.74) is 0. The first-order chi connectivity index (χ1) is 13.4. The lowest BCUT2D eigenvalue weighted by molar-refractivity contribution is -0.0717. The molecule has 0 saturated carbocycles. The third kappa shape index (κ3) is 6.87. The smallest absolute Gasteiger partial charge is 0.193 e. The number of aliphatic hydroxyl groups is 1. The number of hydrogen-bond acceptors (Lipinski definition) is 4. The quantitative estimate of drug-likeness (QED) is 0.320. The van der Waals surface area contributed by atoms with Crippen molar-refractivity contribution in [2.75, 3.05) is 0 Å². The molecular weight excluding hydrogens is 437 g/mol. The Hall–Kier alpha value is 0.231. The largest absolute Gasteiger partial charge is 0.408 e. The summed E-state index contributed by atoms with van der Waals surface area (Å²) in [5, 5.41) is 11.2. The van der Waals surface area contributed by atoms with Crippen LogP contribution in [0.2, 0.25) is 54.4 Å². The maximum Gasteiger partial charge on any atom is 0.193 e. The summed E-state index contributed by atoms with van der Waals surface area (Å²) in [6.45, 7) is 33.8. The van der Waals surface area contributed by atoms with E-state index in [1.165, 1.54) is 0 Å². The number of hydrogen-bond donors (Lipinski definition) is 1. The fourth-order valence-corrected chi connectivity index (χ4v) is 6.61. The van der Waals surface area contributed by atoms with E-state index in [1.807, 2.05) is 12.2 Å². The second-order valence-electron chi connectivity index (χ2n) is 13.9. The predicted molar refractivity (Wildman–Crippen MR) is 141 cm³/mol. The highest BCUT2D eigenvalue weighted by Gasteiger charge is 2.51. The highest BCUT2D eigenvalue weighted by molar-refractivity contribution is 6.75. The molecule has 1 rings (SSSR count). The Morgan fingerprint density at radius 1 is 0.548 bits per heavy atom. The van der Waals surface area contributed by atoms with E-state index in [4.69, 9.17) is 13.3 Å². The van der Waals surface area contributed by atoms with Gasteiger partial charge in [0.1, 0.15) is 12.2 Å². The van der Waals surface area contributed by atoms with Crippen molar-refractivity contribution in [1.29, 1.82) is 0 Å². The molecule has 0 saturated heterocycles. The zero-order valence-electron chi connectivity index (χ0n) is 23.1. The molecule has 1 aliphatic rings. The molecule has 0 spiro atoms. The number of rotatable bonds is 6. The third-order valence-corrected chi connectivity index (χ3v) is 21.6. The highest BCUT2D eigenvalue weighted by Crippen LogP contribution is 2.44. The summed E-state index contributed by atoms with van der Waals surface area (Å²) in [7, 11) is -6.29. The van der Waals surface area contributed by atoms with Gasteiger partial charge in [0, 0.05) is 0 Å². The summed E-state index contributed by atoms with van der Waals surface area (Å²) < 4.78 is 20.7. The van der Waals surface area contributed by atoms with Crippen molar-refractivity contribution >= 4 is 25.0 Å². The van der Waals surface area contributed by atoms with Crippen LogP contribution < -0.4 is 0 Å². The molecular formula is C24H52O4Si3. The van der Waals surface area contributed by atoms with Crippen LogP contribution in [0.5, 0.6) is 0 Å². The minimum atomic E-state index is -2.12. The van der Waals surface area contributed by atoms with Gasteiger partial charge in [-0.1, -0.05) is 74.5 Å². The van der Waals surface area contributed by atoms with Gasteiger partial charge in [0.25, 0.3) is 0 Å². The van der Waals surface area contributed by atoms with Gasteiger partial charge in [0.2, 0.25) is 0 Å². The van der Waals surface area contributed by atoms with E-state index in [0.717, 1.165) is 0 Å². The van der Waals surface area contributed by atoms with Crippen molar-refractivity contribution in [3.63, 3.8) is 0 Å². The monoisotopic (exact) mass is 488 g/mol. The second-order valence-corrected chi connectivity index (χ2v) is 28.2. The van der Waals surface area contributed by atoms with E-state index in [0.29, 0.717) is 0 Å².